The zero-order chi connectivity index (χ0) is 22.2. The summed E-state index contributed by atoms with van der Waals surface area (Å²) in [5, 5.41) is 14.0. The van der Waals surface area contributed by atoms with E-state index in [1.54, 1.807) is 18.2 Å². The smallest absolute Gasteiger partial charge is 0.283 e. The van der Waals surface area contributed by atoms with Gasteiger partial charge in [0.1, 0.15) is 0 Å². The van der Waals surface area contributed by atoms with E-state index in [1.165, 1.54) is 12.1 Å². The molecule has 0 atom stereocenters. The summed E-state index contributed by atoms with van der Waals surface area (Å²) in [6, 6.07) is 20.6. The summed E-state index contributed by atoms with van der Waals surface area (Å²) in [4.78, 5) is 34.5. The van der Waals surface area contributed by atoms with E-state index in [9.17, 15) is 19.7 Å². The zero-order valence-electron chi connectivity index (χ0n) is 16.2. The van der Waals surface area contributed by atoms with Crippen LogP contribution in [0.3, 0.4) is 0 Å². The minimum Gasteiger partial charge on any atom is -0.366 e. The summed E-state index contributed by atoms with van der Waals surface area (Å²) in [7, 11) is 0. The number of carbonyl (C=O) groups is 2. The third kappa shape index (κ3) is 6.19. The number of rotatable bonds is 6. The lowest BCUT2D eigenvalue weighted by atomic mass is 10.1. The molecule has 3 rings (SSSR count). The average Bonchev–Trinajstić information content (AvgIpc) is 2.77. The van der Waals surface area contributed by atoms with E-state index >= 15 is 0 Å². The summed E-state index contributed by atoms with van der Waals surface area (Å²) < 4.78 is 0. The number of nitrogens with one attached hydrogen (secondary N) is 1. The Balaban J connectivity index is 1.65. The van der Waals surface area contributed by atoms with Gasteiger partial charge < -0.3 is 11.1 Å². The number of primary amides is 1. The van der Waals surface area contributed by atoms with E-state index in [4.69, 9.17) is 5.73 Å². The molecule has 7 nitrogen and oxygen atoms in total. The molecule has 0 fully saturated rings. The Morgan fingerprint density at radius 2 is 1.68 bits per heavy atom. The highest BCUT2D eigenvalue weighted by Crippen LogP contribution is 2.30. The molecular weight excluding hydrogens is 414 g/mol. The standard InChI is InChI=1S/C23H17N3O4S/c24-23(28)18-11-12-21(20(14-18)26(29)30)31-15-22(27)25-19-8-4-7-17(13-19)10-9-16-5-2-1-3-6-16/h1-8,11-14H,15H2,(H2,24,28)(H,25,27). The van der Waals surface area contributed by atoms with Crippen molar-refractivity contribution in [3.63, 3.8) is 0 Å². The van der Waals surface area contributed by atoms with E-state index in [-0.39, 0.29) is 27.8 Å². The summed E-state index contributed by atoms with van der Waals surface area (Å²) in [6.07, 6.45) is 0. The van der Waals surface area contributed by atoms with Crippen LogP contribution in [0.1, 0.15) is 21.5 Å². The van der Waals surface area contributed by atoms with Crippen molar-refractivity contribution in [3.05, 3.63) is 99.6 Å². The summed E-state index contributed by atoms with van der Waals surface area (Å²) in [6.45, 7) is 0. The van der Waals surface area contributed by atoms with Crippen molar-refractivity contribution in [2.75, 3.05) is 11.1 Å². The minimum atomic E-state index is -0.757. The topological polar surface area (TPSA) is 115 Å². The van der Waals surface area contributed by atoms with Crippen LogP contribution < -0.4 is 11.1 Å². The highest BCUT2D eigenvalue weighted by Gasteiger charge is 2.18. The van der Waals surface area contributed by atoms with Gasteiger partial charge in [0.25, 0.3) is 5.69 Å². The molecule has 0 aliphatic heterocycles. The molecular formula is C23H17N3O4S. The van der Waals surface area contributed by atoms with Crippen molar-refractivity contribution < 1.29 is 14.5 Å². The highest BCUT2D eigenvalue weighted by molar-refractivity contribution is 8.00. The van der Waals surface area contributed by atoms with Crippen LogP contribution in [0.5, 0.6) is 0 Å². The fraction of sp³-hybridized carbons (Fsp3) is 0.0435. The van der Waals surface area contributed by atoms with Crippen LogP contribution >= 0.6 is 11.8 Å². The first-order valence-corrected chi connectivity index (χ1v) is 10.1. The second kappa shape index (κ2) is 10.1. The molecule has 0 aliphatic rings. The molecule has 8 heteroatoms. The maximum absolute atomic E-state index is 12.3. The van der Waals surface area contributed by atoms with Crippen molar-refractivity contribution in [3.8, 4) is 11.8 Å². The van der Waals surface area contributed by atoms with Crippen molar-refractivity contribution in [1.29, 1.82) is 0 Å². The van der Waals surface area contributed by atoms with Gasteiger partial charge >= 0.3 is 0 Å². The monoisotopic (exact) mass is 431 g/mol. The van der Waals surface area contributed by atoms with Gasteiger partial charge in [-0.05, 0) is 42.5 Å². The number of amides is 2. The second-order valence-corrected chi connectivity index (χ2v) is 7.35. The van der Waals surface area contributed by atoms with Crippen LogP contribution in [0.4, 0.5) is 11.4 Å². The predicted molar refractivity (Wildman–Crippen MR) is 120 cm³/mol. The molecule has 0 aromatic heterocycles. The number of hydrogen-bond acceptors (Lipinski definition) is 5. The first-order valence-electron chi connectivity index (χ1n) is 9.10. The predicted octanol–water partition coefficient (Wildman–Crippen LogP) is 3.82. The van der Waals surface area contributed by atoms with Gasteiger partial charge in [0.2, 0.25) is 11.8 Å². The van der Waals surface area contributed by atoms with Crippen LogP contribution in [0.15, 0.2) is 77.7 Å². The maximum Gasteiger partial charge on any atom is 0.283 e. The highest BCUT2D eigenvalue weighted by atomic mass is 32.2. The molecule has 3 aromatic carbocycles. The number of anilines is 1. The first-order chi connectivity index (χ1) is 14.9. The van der Waals surface area contributed by atoms with Crippen LogP contribution in [0.25, 0.3) is 0 Å². The molecule has 0 saturated carbocycles. The third-order valence-electron chi connectivity index (χ3n) is 4.07. The van der Waals surface area contributed by atoms with Crippen molar-refractivity contribution in [2.24, 2.45) is 5.73 Å². The Bertz CT molecular complexity index is 1200. The van der Waals surface area contributed by atoms with Crippen molar-refractivity contribution in [1.82, 2.24) is 0 Å². The molecule has 0 bridgehead atoms. The Morgan fingerprint density at radius 1 is 0.968 bits per heavy atom. The molecule has 154 valence electrons. The van der Waals surface area contributed by atoms with Crippen LogP contribution in [-0.4, -0.2) is 22.5 Å². The molecule has 0 spiro atoms. The number of thioether (sulfide) groups is 1. The number of nitro groups is 1. The lowest BCUT2D eigenvalue weighted by molar-refractivity contribution is -0.387. The van der Waals surface area contributed by atoms with Crippen molar-refractivity contribution in [2.45, 2.75) is 4.90 Å². The lowest BCUT2D eigenvalue weighted by Gasteiger charge is -2.07. The van der Waals surface area contributed by atoms with Gasteiger partial charge in [0.15, 0.2) is 0 Å². The molecule has 2 amide bonds. The number of carbonyl (C=O) groups excluding carboxylic acids is 2. The Morgan fingerprint density at radius 3 is 2.39 bits per heavy atom. The summed E-state index contributed by atoms with van der Waals surface area (Å²) in [5.41, 5.74) is 7.13. The molecule has 3 aromatic rings. The van der Waals surface area contributed by atoms with E-state index in [0.29, 0.717) is 5.69 Å². The van der Waals surface area contributed by atoms with E-state index < -0.39 is 10.8 Å². The molecule has 0 unspecified atom stereocenters. The fourth-order valence-electron chi connectivity index (χ4n) is 2.62. The van der Waals surface area contributed by atoms with Gasteiger partial charge in [-0.2, -0.15) is 0 Å². The maximum atomic E-state index is 12.3. The van der Waals surface area contributed by atoms with E-state index in [1.807, 2.05) is 36.4 Å². The Hall–Kier alpha value is -4.09. The Kier molecular flexibility index (Phi) is 7.04. The number of benzene rings is 3. The molecule has 3 N–H and O–H groups in total. The second-order valence-electron chi connectivity index (χ2n) is 6.34. The number of hydrogen-bond donors (Lipinski definition) is 2. The van der Waals surface area contributed by atoms with Crippen molar-refractivity contribution >= 4 is 35.0 Å². The zero-order valence-corrected chi connectivity index (χ0v) is 17.0. The first kappa shape index (κ1) is 21.6. The van der Waals surface area contributed by atoms with Gasteiger partial charge in [0.05, 0.1) is 15.6 Å². The van der Waals surface area contributed by atoms with Gasteiger partial charge in [-0.25, -0.2) is 0 Å². The van der Waals surface area contributed by atoms with E-state index in [2.05, 4.69) is 17.2 Å². The van der Waals surface area contributed by atoms with Crippen LogP contribution in [0.2, 0.25) is 0 Å². The molecule has 0 saturated heterocycles. The molecule has 0 aliphatic carbocycles. The van der Waals surface area contributed by atoms with Gasteiger partial charge in [-0.15, -0.1) is 11.8 Å². The van der Waals surface area contributed by atoms with Crippen LogP contribution in [0, 0.1) is 22.0 Å². The lowest BCUT2D eigenvalue weighted by Crippen LogP contribution is -2.14. The minimum absolute atomic E-state index is 0.0360. The van der Waals surface area contributed by atoms with E-state index in [0.717, 1.165) is 29.0 Å². The third-order valence-corrected chi connectivity index (χ3v) is 5.13. The quantitative estimate of drug-likeness (QED) is 0.266. The van der Waals surface area contributed by atoms with Gasteiger partial charge in [0, 0.05) is 28.4 Å². The molecule has 31 heavy (non-hydrogen) atoms. The van der Waals surface area contributed by atoms with Gasteiger partial charge in [-0.1, -0.05) is 36.1 Å². The van der Waals surface area contributed by atoms with Gasteiger partial charge in [-0.3, -0.25) is 19.7 Å². The summed E-state index contributed by atoms with van der Waals surface area (Å²) >= 11 is 1.00. The number of nitro benzene ring substituents is 1. The SMILES string of the molecule is NC(=O)c1ccc(SCC(=O)Nc2cccc(C#Cc3ccccc3)c2)c([N+](=O)[O-])c1. The summed E-state index contributed by atoms with van der Waals surface area (Å²) in [5.74, 6) is 4.97. The molecule has 0 heterocycles. The Labute approximate surface area is 182 Å². The molecule has 0 radical (unpaired) electrons. The normalized spacial score (nSPS) is 9.94. The number of nitrogens with two attached hydrogens (primary N) is 1. The fourth-order valence-corrected chi connectivity index (χ4v) is 3.42. The largest absolute Gasteiger partial charge is 0.366 e. The van der Waals surface area contributed by atoms with Crippen LogP contribution in [-0.2, 0) is 4.79 Å². The number of nitrogens with zero attached hydrogens (tertiary/aromatic N) is 1. The average molecular weight is 431 g/mol.